The highest BCUT2D eigenvalue weighted by atomic mass is 32.2. The van der Waals surface area contributed by atoms with Gasteiger partial charge in [-0.2, -0.15) is 17.0 Å². The molecular weight excluding hydrogens is 319 g/mol. The van der Waals surface area contributed by atoms with E-state index in [1.54, 1.807) is 26.8 Å². The lowest BCUT2D eigenvalue weighted by molar-refractivity contribution is 0.171. The van der Waals surface area contributed by atoms with Gasteiger partial charge in [-0.05, 0) is 37.8 Å². The third-order valence-corrected chi connectivity index (χ3v) is 6.51. The molecule has 7 heteroatoms. The van der Waals surface area contributed by atoms with Gasteiger partial charge in [0.1, 0.15) is 0 Å². The summed E-state index contributed by atoms with van der Waals surface area (Å²) in [4.78, 5) is 0. The number of benzene rings is 1. The van der Waals surface area contributed by atoms with Crippen LogP contribution in [-0.4, -0.2) is 49.8 Å². The second-order valence-electron chi connectivity index (χ2n) is 6.22. The van der Waals surface area contributed by atoms with E-state index in [9.17, 15) is 12.8 Å². The molecule has 1 aromatic carbocycles. The largest absolute Gasteiger partial charge is 0.490 e. The van der Waals surface area contributed by atoms with Gasteiger partial charge >= 0.3 is 0 Å². The second kappa shape index (κ2) is 7.15. The molecule has 2 fully saturated rings. The third kappa shape index (κ3) is 3.84. The average Bonchev–Trinajstić information content (AvgIpc) is 3.10. The predicted octanol–water partition coefficient (Wildman–Crippen LogP) is 2.26. The summed E-state index contributed by atoms with van der Waals surface area (Å²) in [5.74, 6) is -0.0578. The van der Waals surface area contributed by atoms with E-state index in [0.29, 0.717) is 32.8 Å². The Kier molecular flexibility index (Phi) is 5.18. The molecule has 2 saturated heterocycles. The number of hydrogen-bond acceptors (Lipinski definition) is 3. The second-order valence-corrected chi connectivity index (χ2v) is 8.15. The Morgan fingerprint density at radius 3 is 2.52 bits per heavy atom. The quantitative estimate of drug-likeness (QED) is 0.825. The van der Waals surface area contributed by atoms with E-state index in [0.717, 1.165) is 25.7 Å². The molecule has 0 aliphatic carbocycles. The molecule has 1 atom stereocenters. The Balaban J connectivity index is 1.59. The lowest BCUT2D eigenvalue weighted by atomic mass is 10.0. The van der Waals surface area contributed by atoms with Gasteiger partial charge in [0.25, 0.3) is 10.2 Å². The van der Waals surface area contributed by atoms with Crippen molar-refractivity contribution in [3.05, 3.63) is 30.1 Å². The average molecular weight is 342 g/mol. The van der Waals surface area contributed by atoms with Crippen molar-refractivity contribution >= 4 is 10.2 Å². The van der Waals surface area contributed by atoms with Gasteiger partial charge in [0, 0.05) is 32.1 Å². The standard InChI is InChI=1S/C16H23FN2O3S/c17-15-7-1-2-8-16(15)22-13-14-6-5-11-19(12-14)23(20,21)18-9-3-4-10-18/h1-2,7-8,14H,3-6,9-13H2. The first-order valence-corrected chi connectivity index (χ1v) is 9.59. The Morgan fingerprint density at radius 1 is 1.09 bits per heavy atom. The fourth-order valence-corrected chi connectivity index (χ4v) is 5.03. The Bertz CT molecular complexity index is 632. The smallest absolute Gasteiger partial charge is 0.281 e. The molecule has 23 heavy (non-hydrogen) atoms. The Hall–Kier alpha value is -1.18. The summed E-state index contributed by atoms with van der Waals surface area (Å²) in [6.45, 7) is 2.60. The van der Waals surface area contributed by atoms with Gasteiger partial charge in [-0.25, -0.2) is 4.39 Å². The van der Waals surface area contributed by atoms with Crippen LogP contribution in [0.25, 0.3) is 0 Å². The van der Waals surface area contributed by atoms with Gasteiger partial charge in [-0.3, -0.25) is 0 Å². The Morgan fingerprint density at radius 2 is 1.78 bits per heavy atom. The van der Waals surface area contributed by atoms with E-state index in [-0.39, 0.29) is 17.5 Å². The zero-order valence-electron chi connectivity index (χ0n) is 13.2. The summed E-state index contributed by atoms with van der Waals surface area (Å²) in [6, 6.07) is 6.30. The topological polar surface area (TPSA) is 49.9 Å². The zero-order valence-corrected chi connectivity index (χ0v) is 14.0. The van der Waals surface area contributed by atoms with E-state index in [2.05, 4.69) is 0 Å². The maximum atomic E-state index is 13.6. The zero-order chi connectivity index (χ0) is 16.3. The van der Waals surface area contributed by atoms with Crippen LogP contribution in [0.5, 0.6) is 5.75 Å². The van der Waals surface area contributed by atoms with Crippen LogP contribution < -0.4 is 4.74 Å². The molecule has 1 aromatic rings. The van der Waals surface area contributed by atoms with Gasteiger partial charge in [-0.15, -0.1) is 0 Å². The van der Waals surface area contributed by atoms with Crippen LogP contribution in [-0.2, 0) is 10.2 Å². The van der Waals surface area contributed by atoms with Crippen molar-refractivity contribution in [2.45, 2.75) is 25.7 Å². The van der Waals surface area contributed by atoms with Gasteiger partial charge in [0.15, 0.2) is 11.6 Å². The van der Waals surface area contributed by atoms with E-state index in [1.807, 2.05) is 0 Å². The molecule has 0 radical (unpaired) electrons. The number of halogens is 1. The number of rotatable bonds is 5. The van der Waals surface area contributed by atoms with Crippen LogP contribution in [0.1, 0.15) is 25.7 Å². The van der Waals surface area contributed by atoms with Crippen LogP contribution in [0.3, 0.4) is 0 Å². The van der Waals surface area contributed by atoms with E-state index >= 15 is 0 Å². The predicted molar refractivity (Wildman–Crippen MR) is 85.9 cm³/mol. The first kappa shape index (κ1) is 16.7. The molecule has 0 N–H and O–H groups in total. The first-order valence-electron chi connectivity index (χ1n) is 8.20. The molecule has 1 unspecified atom stereocenters. The third-order valence-electron chi connectivity index (χ3n) is 4.51. The van der Waals surface area contributed by atoms with Gasteiger partial charge in [-0.1, -0.05) is 12.1 Å². The maximum Gasteiger partial charge on any atom is 0.281 e. The van der Waals surface area contributed by atoms with E-state index in [1.165, 1.54) is 6.07 Å². The van der Waals surface area contributed by atoms with Crippen molar-refractivity contribution in [1.82, 2.24) is 8.61 Å². The van der Waals surface area contributed by atoms with Crippen LogP contribution in [0, 0.1) is 11.7 Å². The lowest BCUT2D eigenvalue weighted by Crippen LogP contribution is -2.47. The maximum absolute atomic E-state index is 13.6. The molecule has 2 heterocycles. The summed E-state index contributed by atoms with van der Waals surface area (Å²) in [5, 5.41) is 0. The number of ether oxygens (including phenoxy) is 1. The van der Waals surface area contributed by atoms with Crippen molar-refractivity contribution in [2.24, 2.45) is 5.92 Å². The summed E-state index contributed by atoms with van der Waals surface area (Å²) >= 11 is 0. The number of piperidine rings is 1. The molecule has 0 saturated carbocycles. The van der Waals surface area contributed by atoms with Crippen molar-refractivity contribution in [2.75, 3.05) is 32.8 Å². The summed E-state index contributed by atoms with van der Waals surface area (Å²) in [6.07, 6.45) is 3.60. The lowest BCUT2D eigenvalue weighted by Gasteiger charge is -2.34. The molecule has 5 nitrogen and oxygen atoms in total. The SMILES string of the molecule is O=S(=O)(N1CCCC1)N1CCCC(COc2ccccc2F)C1. The highest BCUT2D eigenvalue weighted by molar-refractivity contribution is 7.86. The van der Waals surface area contributed by atoms with Crippen LogP contribution in [0.2, 0.25) is 0 Å². The normalized spacial score (nSPS) is 24.0. The van der Waals surface area contributed by atoms with Gasteiger partial charge < -0.3 is 4.74 Å². The number of para-hydroxylation sites is 1. The van der Waals surface area contributed by atoms with Crippen LogP contribution >= 0.6 is 0 Å². The van der Waals surface area contributed by atoms with Crippen molar-refractivity contribution in [3.63, 3.8) is 0 Å². The molecule has 0 spiro atoms. The van der Waals surface area contributed by atoms with Gasteiger partial charge in [0.2, 0.25) is 0 Å². The molecule has 3 rings (SSSR count). The van der Waals surface area contributed by atoms with Crippen LogP contribution in [0.4, 0.5) is 4.39 Å². The minimum Gasteiger partial charge on any atom is -0.490 e. The van der Waals surface area contributed by atoms with E-state index < -0.39 is 10.2 Å². The van der Waals surface area contributed by atoms with Crippen LogP contribution in [0.15, 0.2) is 24.3 Å². The molecule has 0 bridgehead atoms. The Labute approximate surface area is 137 Å². The molecule has 128 valence electrons. The summed E-state index contributed by atoms with van der Waals surface area (Å²) in [7, 11) is -3.35. The summed E-state index contributed by atoms with van der Waals surface area (Å²) < 4.78 is 47.5. The van der Waals surface area contributed by atoms with E-state index in [4.69, 9.17) is 4.74 Å². The van der Waals surface area contributed by atoms with Crippen molar-refractivity contribution in [1.29, 1.82) is 0 Å². The first-order chi connectivity index (χ1) is 11.1. The molecule has 0 amide bonds. The molecule has 0 aromatic heterocycles. The molecule has 2 aliphatic rings. The fourth-order valence-electron chi connectivity index (χ4n) is 3.22. The number of hydrogen-bond donors (Lipinski definition) is 0. The highest BCUT2D eigenvalue weighted by Crippen LogP contribution is 2.25. The highest BCUT2D eigenvalue weighted by Gasteiger charge is 2.35. The van der Waals surface area contributed by atoms with Crippen molar-refractivity contribution in [3.8, 4) is 5.75 Å². The van der Waals surface area contributed by atoms with Crippen molar-refractivity contribution < 1.29 is 17.5 Å². The minimum atomic E-state index is -3.35. The molecular formula is C16H23FN2O3S. The number of nitrogens with zero attached hydrogens (tertiary/aromatic N) is 2. The summed E-state index contributed by atoms with van der Waals surface area (Å²) in [5.41, 5.74) is 0. The van der Waals surface area contributed by atoms with Gasteiger partial charge in [0.05, 0.1) is 6.61 Å². The fraction of sp³-hybridized carbons (Fsp3) is 0.625. The minimum absolute atomic E-state index is 0.0979. The molecule has 2 aliphatic heterocycles. The monoisotopic (exact) mass is 342 g/mol.